The van der Waals surface area contributed by atoms with Gasteiger partial charge in [0.2, 0.25) is 0 Å². The maximum atomic E-state index is 9.88. The Morgan fingerprint density at radius 2 is 1.35 bits per heavy atom. The molecule has 0 aliphatic heterocycles. The number of carboxylic acid groups (broad SMARTS) is 1. The predicted molar refractivity (Wildman–Crippen MR) is 86.9 cm³/mol. The van der Waals surface area contributed by atoms with Crippen molar-refractivity contribution in [1.29, 1.82) is 0 Å². The van der Waals surface area contributed by atoms with Gasteiger partial charge in [-0.25, -0.2) is 4.79 Å². The summed E-state index contributed by atoms with van der Waals surface area (Å²) in [6.07, 6.45) is 12.5. The van der Waals surface area contributed by atoms with Crippen LogP contribution in [0.15, 0.2) is 0 Å². The van der Waals surface area contributed by atoms with Gasteiger partial charge in [-0.3, -0.25) is 4.55 Å². The Morgan fingerprint density at radius 3 is 1.61 bits per heavy atom. The molecule has 0 bridgehead atoms. The molecule has 4 N–H and O–H groups in total. The molecule has 0 heterocycles. The second kappa shape index (κ2) is 10.2. The van der Waals surface area contributed by atoms with Crippen LogP contribution in [-0.2, 0) is 14.9 Å². The molecule has 1 unspecified atom stereocenters. The van der Waals surface area contributed by atoms with E-state index in [1.165, 1.54) is 64.2 Å². The van der Waals surface area contributed by atoms with Gasteiger partial charge in [0.25, 0.3) is 10.1 Å². The van der Waals surface area contributed by atoms with E-state index in [1.54, 1.807) is 0 Å². The lowest BCUT2D eigenvalue weighted by Crippen LogP contribution is -2.40. The molecule has 136 valence electrons. The Kier molecular flexibility index (Phi) is 9.04. The Labute approximate surface area is 138 Å². The molecule has 0 radical (unpaired) electrons. The SMILES string of the molecule is C1CCC(NC2CCCCC2)CC1.O=C(O)C(O)CS(=O)(=O)O. The molecule has 0 aromatic carbocycles. The van der Waals surface area contributed by atoms with Crippen LogP contribution in [0.1, 0.15) is 64.2 Å². The summed E-state index contributed by atoms with van der Waals surface area (Å²) in [5.41, 5.74) is 0. The molecule has 2 rings (SSSR count). The zero-order valence-corrected chi connectivity index (χ0v) is 14.3. The van der Waals surface area contributed by atoms with Crippen molar-refractivity contribution in [2.24, 2.45) is 0 Å². The highest BCUT2D eigenvalue weighted by atomic mass is 32.2. The number of rotatable bonds is 5. The van der Waals surface area contributed by atoms with E-state index in [-0.39, 0.29) is 0 Å². The van der Waals surface area contributed by atoms with Gasteiger partial charge in [0.1, 0.15) is 5.75 Å². The van der Waals surface area contributed by atoms with Crippen molar-refractivity contribution < 1.29 is 28.0 Å². The van der Waals surface area contributed by atoms with Crippen LogP contribution < -0.4 is 5.32 Å². The summed E-state index contributed by atoms with van der Waals surface area (Å²) in [6.45, 7) is 0. The van der Waals surface area contributed by atoms with Crippen LogP contribution in [0.2, 0.25) is 0 Å². The highest BCUT2D eigenvalue weighted by Crippen LogP contribution is 2.22. The van der Waals surface area contributed by atoms with E-state index in [9.17, 15) is 13.2 Å². The second-order valence-electron chi connectivity index (χ2n) is 6.44. The summed E-state index contributed by atoms with van der Waals surface area (Å²) >= 11 is 0. The van der Waals surface area contributed by atoms with Gasteiger partial charge in [-0.1, -0.05) is 38.5 Å². The van der Waals surface area contributed by atoms with Crippen molar-refractivity contribution >= 4 is 16.1 Å². The van der Waals surface area contributed by atoms with Crippen molar-refractivity contribution in [3.05, 3.63) is 0 Å². The maximum Gasteiger partial charge on any atom is 0.333 e. The summed E-state index contributed by atoms with van der Waals surface area (Å²) in [5.74, 6) is -2.86. The van der Waals surface area contributed by atoms with E-state index in [0.29, 0.717) is 0 Å². The Bertz CT molecular complexity index is 425. The van der Waals surface area contributed by atoms with Gasteiger partial charge in [0.05, 0.1) is 0 Å². The van der Waals surface area contributed by atoms with Crippen molar-refractivity contribution in [2.75, 3.05) is 5.75 Å². The van der Waals surface area contributed by atoms with Gasteiger partial charge in [-0.05, 0) is 25.7 Å². The molecule has 0 spiro atoms. The summed E-state index contributed by atoms with van der Waals surface area (Å²) < 4.78 is 27.7. The van der Waals surface area contributed by atoms with E-state index in [2.05, 4.69) is 5.32 Å². The molecule has 0 aromatic heterocycles. The van der Waals surface area contributed by atoms with Gasteiger partial charge in [0, 0.05) is 12.1 Å². The lowest BCUT2D eigenvalue weighted by molar-refractivity contribution is -0.145. The van der Waals surface area contributed by atoms with Gasteiger partial charge < -0.3 is 15.5 Å². The summed E-state index contributed by atoms with van der Waals surface area (Å²) in [6, 6.07) is 1.74. The van der Waals surface area contributed by atoms with Crippen LogP contribution in [0.5, 0.6) is 0 Å². The third-order valence-corrected chi connectivity index (χ3v) is 5.07. The van der Waals surface area contributed by atoms with Crippen LogP contribution in [0.4, 0.5) is 0 Å². The zero-order valence-electron chi connectivity index (χ0n) is 13.5. The number of aliphatic carboxylic acids is 1. The van der Waals surface area contributed by atoms with Crippen molar-refractivity contribution in [3.63, 3.8) is 0 Å². The molecule has 0 aromatic rings. The quantitative estimate of drug-likeness (QED) is 0.554. The normalized spacial score (nSPS) is 22.0. The summed E-state index contributed by atoms with van der Waals surface area (Å²) in [5, 5.41) is 20.1. The predicted octanol–water partition coefficient (Wildman–Crippen LogP) is 1.56. The molecule has 7 nitrogen and oxygen atoms in total. The third-order valence-electron chi connectivity index (χ3n) is 4.34. The van der Waals surface area contributed by atoms with E-state index >= 15 is 0 Å². The van der Waals surface area contributed by atoms with Crippen LogP contribution in [-0.4, -0.2) is 53.1 Å². The molecule has 2 aliphatic carbocycles. The van der Waals surface area contributed by atoms with Gasteiger partial charge in [-0.2, -0.15) is 8.42 Å². The molecule has 2 aliphatic rings. The first-order valence-electron chi connectivity index (χ1n) is 8.40. The topological polar surface area (TPSA) is 124 Å². The van der Waals surface area contributed by atoms with Crippen LogP contribution in [0.3, 0.4) is 0 Å². The smallest absolute Gasteiger partial charge is 0.333 e. The Hall–Kier alpha value is -0.700. The fourth-order valence-corrected chi connectivity index (χ4v) is 3.68. The minimum atomic E-state index is -4.40. The van der Waals surface area contributed by atoms with Crippen LogP contribution in [0.25, 0.3) is 0 Å². The average molecular weight is 351 g/mol. The monoisotopic (exact) mass is 351 g/mol. The zero-order chi connectivity index (χ0) is 17.3. The number of hydrogen-bond acceptors (Lipinski definition) is 5. The summed E-state index contributed by atoms with van der Waals surface area (Å²) in [4.78, 5) is 9.75. The Morgan fingerprint density at radius 1 is 0.957 bits per heavy atom. The molecule has 23 heavy (non-hydrogen) atoms. The second-order valence-corrected chi connectivity index (χ2v) is 7.94. The highest BCUT2D eigenvalue weighted by Gasteiger charge is 2.20. The minimum Gasteiger partial charge on any atom is -0.479 e. The maximum absolute atomic E-state index is 9.88. The number of carboxylic acids is 1. The molecule has 0 saturated heterocycles. The number of nitrogens with one attached hydrogen (secondary N) is 1. The lowest BCUT2D eigenvalue weighted by atomic mass is 9.91. The highest BCUT2D eigenvalue weighted by molar-refractivity contribution is 7.85. The standard InChI is InChI=1S/C12H23N.C3H6O6S/c1-3-7-11(8-4-1)13-12-9-5-2-6-10-12;4-2(3(5)6)1-10(7,8)9/h11-13H,1-10H2;2,4H,1H2,(H,5,6)(H,7,8,9). The average Bonchev–Trinajstić information content (AvgIpc) is 2.48. The largest absolute Gasteiger partial charge is 0.479 e. The first-order chi connectivity index (χ1) is 10.8. The lowest BCUT2D eigenvalue weighted by Gasteiger charge is -2.30. The molecule has 2 fully saturated rings. The number of carbonyl (C=O) groups is 1. The summed E-state index contributed by atoms with van der Waals surface area (Å²) in [7, 11) is -4.40. The van der Waals surface area contributed by atoms with Gasteiger partial charge in [-0.15, -0.1) is 0 Å². The number of hydrogen-bond donors (Lipinski definition) is 4. The van der Waals surface area contributed by atoms with Crippen LogP contribution >= 0.6 is 0 Å². The van der Waals surface area contributed by atoms with Gasteiger partial charge in [0.15, 0.2) is 6.10 Å². The van der Waals surface area contributed by atoms with E-state index in [0.717, 1.165) is 12.1 Å². The van der Waals surface area contributed by atoms with Crippen molar-refractivity contribution in [1.82, 2.24) is 5.32 Å². The molecule has 2 saturated carbocycles. The fraction of sp³-hybridized carbons (Fsp3) is 0.933. The van der Waals surface area contributed by atoms with E-state index in [1.807, 2.05) is 0 Å². The number of aliphatic hydroxyl groups excluding tert-OH is 1. The molecular weight excluding hydrogens is 322 g/mol. The van der Waals surface area contributed by atoms with E-state index < -0.39 is 27.9 Å². The number of aliphatic hydroxyl groups is 1. The third kappa shape index (κ3) is 9.91. The minimum absolute atomic E-state index is 0.872. The van der Waals surface area contributed by atoms with Crippen molar-refractivity contribution in [2.45, 2.75) is 82.4 Å². The van der Waals surface area contributed by atoms with Crippen molar-refractivity contribution in [3.8, 4) is 0 Å². The fourth-order valence-electron chi connectivity index (χ4n) is 3.14. The Balaban J connectivity index is 0.000000241. The molecule has 0 amide bonds. The first kappa shape index (κ1) is 20.3. The molecule has 1 atom stereocenters. The van der Waals surface area contributed by atoms with Crippen LogP contribution in [0, 0.1) is 0 Å². The molecular formula is C15H29NO6S. The first-order valence-corrected chi connectivity index (χ1v) is 10.0. The van der Waals surface area contributed by atoms with E-state index in [4.69, 9.17) is 14.8 Å². The molecule has 8 heteroatoms. The van der Waals surface area contributed by atoms with Gasteiger partial charge >= 0.3 is 5.97 Å².